The van der Waals surface area contributed by atoms with E-state index in [2.05, 4.69) is 125 Å². The average Bonchev–Trinajstić information content (AvgIpc) is 3.39. The summed E-state index contributed by atoms with van der Waals surface area (Å²) >= 11 is 0. The molecule has 5 nitrogen and oxygen atoms in total. The molecular weight excluding hydrogens is 613 g/mol. The number of allylic oxidation sites excluding steroid dienone is 5. The topological polar surface area (TPSA) is 60.6 Å². The molecule has 6 heteroatoms. The Hall–Kier alpha value is -2.96. The van der Waals surface area contributed by atoms with Gasteiger partial charge in [0.15, 0.2) is 5.71 Å². The van der Waals surface area contributed by atoms with Crippen molar-refractivity contribution in [2.75, 3.05) is 23.7 Å². The summed E-state index contributed by atoms with van der Waals surface area (Å²) in [6.07, 6.45) is 16.6. The first-order valence-corrected chi connectivity index (χ1v) is 20.0. The molecule has 1 atom stereocenters. The quantitative estimate of drug-likeness (QED) is 0.123. The standard InChI is InChI=1S/C42H58N2O3S/c1-8-9-14-28-43-36-22-12-10-20-34(36)41(4,5)38(43)26-24-32-18-17-19-33(40(32)31(2)3)25-27-39-42(6,7)35-21-11-13-23-37(35)44(39)29-15-16-30-48(45,46)47/h10-13,20-26,31,39H,8-9,14-19,27-30H2,1-7H3/p+1/b26-24+,33-25+. The first-order valence-electron chi connectivity index (χ1n) is 18.4. The highest BCUT2D eigenvalue weighted by atomic mass is 32.2. The van der Waals surface area contributed by atoms with Crippen molar-refractivity contribution in [2.45, 2.75) is 123 Å². The SMILES string of the molecule is CCCCC[N+]1=C(/C=C/C2=C(C(C)C)C(=C/CC3N(CCCCS(=O)(=O)O)c4ccccc4C3(C)C)/CCC2)C(C)(C)c2ccccc21. The van der Waals surface area contributed by atoms with Gasteiger partial charge in [0.1, 0.15) is 6.54 Å². The number of rotatable bonds is 14. The van der Waals surface area contributed by atoms with Crippen LogP contribution in [0, 0.1) is 5.92 Å². The number of para-hydroxylation sites is 2. The van der Waals surface area contributed by atoms with E-state index in [0.29, 0.717) is 12.3 Å². The molecule has 1 unspecified atom stereocenters. The second-order valence-corrected chi connectivity index (χ2v) is 17.1. The molecule has 0 radical (unpaired) electrons. The number of hydrogen-bond donors (Lipinski definition) is 1. The Morgan fingerprint density at radius 2 is 1.65 bits per heavy atom. The first kappa shape index (κ1) is 36.3. The zero-order valence-corrected chi connectivity index (χ0v) is 31.4. The molecule has 2 aromatic rings. The number of anilines is 1. The van der Waals surface area contributed by atoms with Gasteiger partial charge < -0.3 is 4.90 Å². The van der Waals surface area contributed by atoms with Crippen LogP contribution in [0.1, 0.15) is 117 Å². The van der Waals surface area contributed by atoms with E-state index in [0.717, 1.165) is 45.2 Å². The first-order chi connectivity index (χ1) is 22.8. The van der Waals surface area contributed by atoms with E-state index in [-0.39, 0.29) is 22.6 Å². The van der Waals surface area contributed by atoms with Crippen molar-refractivity contribution >= 4 is 27.2 Å². The lowest BCUT2D eigenvalue weighted by molar-refractivity contribution is -0.438. The van der Waals surface area contributed by atoms with Gasteiger partial charge in [-0.15, -0.1) is 0 Å². The Morgan fingerprint density at radius 3 is 2.35 bits per heavy atom. The molecule has 2 aromatic carbocycles. The van der Waals surface area contributed by atoms with Crippen LogP contribution in [0.3, 0.4) is 0 Å². The van der Waals surface area contributed by atoms with Crippen LogP contribution in [-0.4, -0.2) is 48.1 Å². The van der Waals surface area contributed by atoms with Gasteiger partial charge in [-0.1, -0.05) is 89.6 Å². The molecule has 1 aliphatic carbocycles. The molecule has 0 saturated heterocycles. The number of unbranched alkanes of at least 4 members (excludes halogenated alkanes) is 3. The van der Waals surface area contributed by atoms with Crippen LogP contribution in [0.2, 0.25) is 0 Å². The van der Waals surface area contributed by atoms with Gasteiger partial charge in [-0.3, -0.25) is 4.55 Å². The summed E-state index contributed by atoms with van der Waals surface area (Å²) in [4.78, 5) is 2.50. The Morgan fingerprint density at radius 1 is 0.938 bits per heavy atom. The van der Waals surface area contributed by atoms with Crippen molar-refractivity contribution in [3.8, 4) is 0 Å². The van der Waals surface area contributed by atoms with Gasteiger partial charge in [0.2, 0.25) is 5.69 Å². The Labute approximate surface area is 291 Å². The van der Waals surface area contributed by atoms with E-state index in [1.807, 2.05) is 0 Å². The number of nitrogens with zero attached hydrogens (tertiary/aromatic N) is 2. The minimum absolute atomic E-state index is 0.0426. The maximum absolute atomic E-state index is 11.4. The van der Waals surface area contributed by atoms with Gasteiger partial charge in [0.05, 0.1) is 11.2 Å². The number of fused-ring (bicyclic) bond motifs is 2. The highest BCUT2D eigenvalue weighted by molar-refractivity contribution is 7.85. The predicted octanol–water partition coefficient (Wildman–Crippen LogP) is 10.1. The Bertz CT molecular complexity index is 1710. The average molecular weight is 672 g/mol. The summed E-state index contributed by atoms with van der Waals surface area (Å²) in [6, 6.07) is 17.9. The van der Waals surface area contributed by atoms with Gasteiger partial charge in [-0.2, -0.15) is 13.0 Å². The second-order valence-electron chi connectivity index (χ2n) is 15.6. The molecule has 0 aromatic heterocycles. The minimum atomic E-state index is -3.94. The molecule has 1 N–H and O–H groups in total. The normalized spacial score (nSPS) is 21.2. The molecule has 0 saturated carbocycles. The highest BCUT2D eigenvalue weighted by Gasteiger charge is 2.45. The van der Waals surface area contributed by atoms with Crippen LogP contribution in [0.15, 0.2) is 83.5 Å². The van der Waals surface area contributed by atoms with Crippen LogP contribution in [0.5, 0.6) is 0 Å². The largest absolute Gasteiger partial charge is 0.367 e. The van der Waals surface area contributed by atoms with Crippen molar-refractivity contribution in [1.29, 1.82) is 0 Å². The summed E-state index contributed by atoms with van der Waals surface area (Å²) in [5.41, 5.74) is 11.2. The molecule has 48 heavy (non-hydrogen) atoms. The number of hydrogen-bond acceptors (Lipinski definition) is 3. The highest BCUT2D eigenvalue weighted by Crippen LogP contribution is 2.47. The van der Waals surface area contributed by atoms with Crippen LogP contribution in [0.25, 0.3) is 0 Å². The molecule has 260 valence electrons. The van der Waals surface area contributed by atoms with Gasteiger partial charge in [0, 0.05) is 47.8 Å². The molecule has 3 aliphatic rings. The lowest BCUT2D eigenvalue weighted by atomic mass is 9.77. The summed E-state index contributed by atoms with van der Waals surface area (Å²) in [5.74, 6) is 0.249. The molecule has 0 spiro atoms. The van der Waals surface area contributed by atoms with Gasteiger partial charge in [-0.25, -0.2) is 0 Å². The molecule has 2 aliphatic heterocycles. The van der Waals surface area contributed by atoms with E-state index in [4.69, 9.17) is 0 Å². The van der Waals surface area contributed by atoms with Crippen molar-refractivity contribution < 1.29 is 17.5 Å². The number of benzene rings is 2. The molecule has 2 heterocycles. The minimum Gasteiger partial charge on any atom is -0.367 e. The van der Waals surface area contributed by atoms with E-state index in [9.17, 15) is 13.0 Å². The molecule has 5 rings (SSSR count). The van der Waals surface area contributed by atoms with Crippen molar-refractivity contribution in [1.82, 2.24) is 0 Å². The van der Waals surface area contributed by atoms with Crippen LogP contribution >= 0.6 is 0 Å². The third-order valence-electron chi connectivity index (χ3n) is 11.1. The predicted molar refractivity (Wildman–Crippen MR) is 203 cm³/mol. The van der Waals surface area contributed by atoms with Crippen molar-refractivity contribution in [3.63, 3.8) is 0 Å². The second kappa shape index (κ2) is 14.9. The maximum atomic E-state index is 11.4. The molecule has 0 bridgehead atoms. The Kier molecular flexibility index (Phi) is 11.3. The molecule has 0 amide bonds. The van der Waals surface area contributed by atoms with Gasteiger partial charge >= 0.3 is 0 Å². The maximum Gasteiger partial charge on any atom is 0.264 e. The fraction of sp³-hybridized carbons (Fsp3) is 0.548. The van der Waals surface area contributed by atoms with E-state index in [1.165, 1.54) is 64.2 Å². The third kappa shape index (κ3) is 7.60. The fourth-order valence-electron chi connectivity index (χ4n) is 8.68. The zero-order valence-electron chi connectivity index (χ0n) is 30.6. The summed E-state index contributed by atoms with van der Waals surface area (Å²) in [7, 11) is -3.94. The molecule has 0 fully saturated rings. The smallest absolute Gasteiger partial charge is 0.264 e. The zero-order chi connectivity index (χ0) is 34.7. The van der Waals surface area contributed by atoms with Crippen molar-refractivity contribution in [2.24, 2.45) is 5.92 Å². The fourth-order valence-corrected chi connectivity index (χ4v) is 9.25. The lowest BCUT2D eigenvalue weighted by Gasteiger charge is -2.35. The summed E-state index contributed by atoms with van der Waals surface area (Å²) in [5, 5.41) is 0. The lowest BCUT2D eigenvalue weighted by Crippen LogP contribution is -2.41. The van der Waals surface area contributed by atoms with Gasteiger partial charge in [-0.05, 0) is 93.1 Å². The van der Waals surface area contributed by atoms with Gasteiger partial charge in [0.25, 0.3) is 10.1 Å². The van der Waals surface area contributed by atoms with Crippen LogP contribution in [-0.2, 0) is 20.9 Å². The van der Waals surface area contributed by atoms with E-state index >= 15 is 0 Å². The van der Waals surface area contributed by atoms with Crippen molar-refractivity contribution in [3.05, 3.63) is 94.6 Å². The monoisotopic (exact) mass is 671 g/mol. The van der Waals surface area contributed by atoms with Crippen LogP contribution < -0.4 is 4.90 Å². The third-order valence-corrected chi connectivity index (χ3v) is 11.9. The molecular formula is C42H59N2O3S+. The van der Waals surface area contributed by atoms with Crippen LogP contribution in [0.4, 0.5) is 11.4 Å². The summed E-state index contributed by atoms with van der Waals surface area (Å²) < 4.78 is 34.6. The summed E-state index contributed by atoms with van der Waals surface area (Å²) in [6.45, 7) is 18.3. The van der Waals surface area contributed by atoms with E-state index < -0.39 is 10.1 Å². The Balaban J connectivity index is 1.45. The van der Waals surface area contributed by atoms with E-state index in [1.54, 1.807) is 0 Å².